The van der Waals surface area contributed by atoms with E-state index in [1.165, 1.54) is 6.33 Å². The van der Waals surface area contributed by atoms with Crippen molar-refractivity contribution in [2.45, 2.75) is 51.1 Å². The van der Waals surface area contributed by atoms with Crippen molar-refractivity contribution in [2.24, 2.45) is 5.92 Å². The highest BCUT2D eigenvalue weighted by Gasteiger charge is 2.34. The summed E-state index contributed by atoms with van der Waals surface area (Å²) in [6.45, 7) is 5.72. The minimum atomic E-state index is 0.111. The average molecular weight is 374 g/mol. The van der Waals surface area contributed by atoms with E-state index in [1.54, 1.807) is 11.0 Å². The van der Waals surface area contributed by atoms with Crippen molar-refractivity contribution in [1.82, 2.24) is 29.5 Å². The lowest BCUT2D eigenvalue weighted by molar-refractivity contribution is -0.136. The molecule has 0 bridgehead atoms. The Morgan fingerprint density at radius 2 is 1.70 bits per heavy atom. The Morgan fingerprint density at radius 1 is 0.926 bits per heavy atom. The summed E-state index contributed by atoms with van der Waals surface area (Å²) in [6, 6.07) is 0.495. The van der Waals surface area contributed by atoms with Crippen LogP contribution < -0.4 is 0 Å². The number of hydrogen-bond acceptors (Lipinski definition) is 5. The molecular weight excluding hydrogens is 344 g/mol. The third-order valence-corrected chi connectivity index (χ3v) is 6.32. The van der Waals surface area contributed by atoms with Crippen molar-refractivity contribution < 1.29 is 9.59 Å². The molecule has 1 atom stereocenters. The molecule has 2 amide bonds. The van der Waals surface area contributed by atoms with Crippen LogP contribution in [0.15, 0.2) is 12.7 Å². The molecule has 0 spiro atoms. The van der Waals surface area contributed by atoms with Gasteiger partial charge in [0.2, 0.25) is 11.8 Å². The highest BCUT2D eigenvalue weighted by molar-refractivity contribution is 5.79. The van der Waals surface area contributed by atoms with Crippen molar-refractivity contribution in [3.05, 3.63) is 12.7 Å². The summed E-state index contributed by atoms with van der Waals surface area (Å²) in [5.41, 5.74) is 0. The van der Waals surface area contributed by atoms with Crippen LogP contribution in [-0.4, -0.2) is 86.6 Å². The number of rotatable bonds is 4. The Bertz CT molecular complexity index is 635. The van der Waals surface area contributed by atoms with Gasteiger partial charge < -0.3 is 9.80 Å². The van der Waals surface area contributed by atoms with Crippen molar-refractivity contribution in [2.75, 3.05) is 39.3 Å². The molecule has 3 aliphatic heterocycles. The predicted molar refractivity (Wildman–Crippen MR) is 99.7 cm³/mol. The first-order valence-electron chi connectivity index (χ1n) is 10.3. The van der Waals surface area contributed by atoms with Gasteiger partial charge in [0.1, 0.15) is 19.2 Å². The SMILES string of the molecule is O=C(Cn1cncn1)N1CCC(N2CCC[C@@H](C(=O)N3CCCC3)C2)CC1. The molecule has 0 aliphatic carbocycles. The Balaban J connectivity index is 1.26. The van der Waals surface area contributed by atoms with Crippen molar-refractivity contribution in [3.63, 3.8) is 0 Å². The normalized spacial score (nSPS) is 25.1. The summed E-state index contributed by atoms with van der Waals surface area (Å²) in [6.07, 6.45) is 9.47. The van der Waals surface area contributed by atoms with E-state index in [9.17, 15) is 9.59 Å². The summed E-state index contributed by atoms with van der Waals surface area (Å²) < 4.78 is 1.58. The highest BCUT2D eigenvalue weighted by atomic mass is 16.2. The second-order valence-corrected chi connectivity index (χ2v) is 8.07. The maximum atomic E-state index is 12.8. The van der Waals surface area contributed by atoms with Crippen LogP contribution >= 0.6 is 0 Å². The number of hydrogen-bond donors (Lipinski definition) is 0. The van der Waals surface area contributed by atoms with Crippen LogP contribution in [0, 0.1) is 5.92 Å². The largest absolute Gasteiger partial charge is 0.342 e. The Hall–Kier alpha value is -1.96. The minimum absolute atomic E-state index is 0.111. The lowest BCUT2D eigenvalue weighted by atomic mass is 9.93. The summed E-state index contributed by atoms with van der Waals surface area (Å²) >= 11 is 0. The number of carbonyl (C=O) groups excluding carboxylic acids is 2. The van der Waals surface area contributed by atoms with Crippen LogP contribution in [0.2, 0.25) is 0 Å². The van der Waals surface area contributed by atoms with Crippen LogP contribution in [0.5, 0.6) is 0 Å². The second-order valence-electron chi connectivity index (χ2n) is 8.07. The first kappa shape index (κ1) is 18.4. The van der Waals surface area contributed by atoms with Gasteiger partial charge in [0, 0.05) is 38.8 Å². The van der Waals surface area contributed by atoms with Crippen LogP contribution in [0.25, 0.3) is 0 Å². The molecule has 1 aromatic rings. The molecule has 8 heteroatoms. The molecule has 3 fully saturated rings. The summed E-state index contributed by atoms with van der Waals surface area (Å²) in [7, 11) is 0. The predicted octanol–water partition coefficient (Wildman–Crippen LogP) is 0.604. The molecule has 8 nitrogen and oxygen atoms in total. The number of likely N-dealkylation sites (tertiary alicyclic amines) is 3. The van der Waals surface area contributed by atoms with E-state index in [1.807, 2.05) is 4.90 Å². The molecule has 4 heterocycles. The quantitative estimate of drug-likeness (QED) is 0.772. The lowest BCUT2D eigenvalue weighted by Gasteiger charge is -2.42. The zero-order valence-corrected chi connectivity index (χ0v) is 16.0. The van der Waals surface area contributed by atoms with E-state index in [4.69, 9.17) is 0 Å². The monoisotopic (exact) mass is 374 g/mol. The van der Waals surface area contributed by atoms with Crippen LogP contribution in [0.3, 0.4) is 0 Å². The third kappa shape index (κ3) is 4.31. The fourth-order valence-electron chi connectivity index (χ4n) is 4.77. The zero-order valence-electron chi connectivity index (χ0n) is 16.0. The van der Waals surface area contributed by atoms with E-state index in [2.05, 4.69) is 19.9 Å². The topological polar surface area (TPSA) is 74.6 Å². The molecular formula is C19H30N6O2. The van der Waals surface area contributed by atoms with E-state index in [0.29, 0.717) is 11.9 Å². The molecule has 3 saturated heterocycles. The molecule has 148 valence electrons. The van der Waals surface area contributed by atoms with Gasteiger partial charge in [-0.25, -0.2) is 9.67 Å². The van der Waals surface area contributed by atoms with Gasteiger partial charge in [-0.3, -0.25) is 14.5 Å². The molecule has 0 saturated carbocycles. The smallest absolute Gasteiger partial charge is 0.244 e. The first-order valence-corrected chi connectivity index (χ1v) is 10.3. The Labute approximate surface area is 160 Å². The van der Waals surface area contributed by atoms with Gasteiger partial charge >= 0.3 is 0 Å². The van der Waals surface area contributed by atoms with Gasteiger partial charge in [-0.15, -0.1) is 0 Å². The van der Waals surface area contributed by atoms with E-state index >= 15 is 0 Å². The lowest BCUT2D eigenvalue weighted by Crippen LogP contribution is -2.52. The number of amides is 2. The molecule has 0 N–H and O–H groups in total. The Kier molecular flexibility index (Phi) is 5.71. The van der Waals surface area contributed by atoms with E-state index < -0.39 is 0 Å². The van der Waals surface area contributed by atoms with Crippen LogP contribution in [0.4, 0.5) is 0 Å². The van der Waals surface area contributed by atoms with Crippen LogP contribution in [0.1, 0.15) is 38.5 Å². The highest BCUT2D eigenvalue weighted by Crippen LogP contribution is 2.26. The summed E-state index contributed by atoms with van der Waals surface area (Å²) in [4.78, 5) is 35.6. The van der Waals surface area contributed by atoms with Crippen LogP contribution in [-0.2, 0) is 16.1 Å². The summed E-state index contributed by atoms with van der Waals surface area (Å²) in [5, 5.41) is 4.01. The molecule has 0 aromatic carbocycles. The standard InChI is InChI=1S/C19H30N6O2/c26-18(13-25-15-20-14-21-25)22-10-5-17(6-11-22)24-9-3-4-16(12-24)19(27)23-7-1-2-8-23/h14-17H,1-13H2/t16-/m1/s1. The number of aromatic nitrogens is 3. The fraction of sp³-hybridized carbons (Fsp3) is 0.789. The van der Waals surface area contributed by atoms with Crippen molar-refractivity contribution in [3.8, 4) is 0 Å². The summed E-state index contributed by atoms with van der Waals surface area (Å²) in [5.74, 6) is 0.654. The molecule has 1 aromatic heterocycles. The van der Waals surface area contributed by atoms with Gasteiger partial charge in [0.15, 0.2) is 0 Å². The molecule has 27 heavy (non-hydrogen) atoms. The van der Waals surface area contributed by atoms with Gasteiger partial charge in [-0.1, -0.05) is 0 Å². The molecule has 4 rings (SSSR count). The third-order valence-electron chi connectivity index (χ3n) is 6.32. The average Bonchev–Trinajstić information content (AvgIpc) is 3.42. The van der Waals surface area contributed by atoms with Crippen molar-refractivity contribution >= 4 is 11.8 Å². The van der Waals surface area contributed by atoms with Gasteiger partial charge in [0.25, 0.3) is 0 Å². The number of carbonyl (C=O) groups is 2. The molecule has 0 radical (unpaired) electrons. The maximum Gasteiger partial charge on any atom is 0.244 e. The van der Waals surface area contributed by atoms with E-state index in [0.717, 1.165) is 77.8 Å². The first-order chi connectivity index (χ1) is 13.2. The minimum Gasteiger partial charge on any atom is -0.342 e. The maximum absolute atomic E-state index is 12.8. The van der Waals surface area contributed by atoms with Gasteiger partial charge in [-0.2, -0.15) is 5.10 Å². The van der Waals surface area contributed by atoms with Gasteiger partial charge in [0.05, 0.1) is 5.92 Å². The molecule has 0 unspecified atom stereocenters. The Morgan fingerprint density at radius 3 is 2.41 bits per heavy atom. The second kappa shape index (κ2) is 8.37. The fourth-order valence-corrected chi connectivity index (χ4v) is 4.77. The number of piperidine rings is 2. The zero-order chi connectivity index (χ0) is 18.6. The van der Waals surface area contributed by atoms with Gasteiger partial charge in [-0.05, 0) is 45.1 Å². The van der Waals surface area contributed by atoms with E-state index in [-0.39, 0.29) is 18.4 Å². The van der Waals surface area contributed by atoms with Crippen molar-refractivity contribution in [1.29, 1.82) is 0 Å². The number of nitrogens with zero attached hydrogens (tertiary/aromatic N) is 6. The molecule has 3 aliphatic rings.